The molecule has 2 fully saturated rings. The topological polar surface area (TPSA) is 12.5 Å². The van der Waals surface area contributed by atoms with Gasteiger partial charge in [-0.3, -0.25) is 4.90 Å². The van der Waals surface area contributed by atoms with Crippen molar-refractivity contribution in [2.45, 2.75) is 38.0 Å². The van der Waals surface area contributed by atoms with E-state index in [1.165, 1.54) is 30.9 Å². The summed E-state index contributed by atoms with van der Waals surface area (Å²) in [6.45, 7) is 1.84. The van der Waals surface area contributed by atoms with Crippen LogP contribution in [0.4, 0.5) is 4.39 Å². The molecule has 0 radical (unpaired) electrons. The molecule has 0 spiro atoms. The van der Waals surface area contributed by atoms with Crippen LogP contribution < -0.4 is 4.74 Å². The van der Waals surface area contributed by atoms with Crippen LogP contribution in [0.3, 0.4) is 0 Å². The number of halogens is 1. The number of piperidine rings is 1. The van der Waals surface area contributed by atoms with Gasteiger partial charge in [0, 0.05) is 19.1 Å². The highest BCUT2D eigenvalue weighted by molar-refractivity contribution is 5.24. The lowest BCUT2D eigenvalue weighted by atomic mass is 9.95. The van der Waals surface area contributed by atoms with E-state index in [0.29, 0.717) is 17.7 Å². The molecule has 1 saturated heterocycles. The van der Waals surface area contributed by atoms with E-state index in [1.807, 2.05) is 6.07 Å². The van der Waals surface area contributed by atoms with Gasteiger partial charge in [0.1, 0.15) is 6.10 Å². The Kier molecular flexibility index (Phi) is 4.04. The molecule has 2 aromatic carbocycles. The Labute approximate surface area is 136 Å². The first-order valence-electron chi connectivity index (χ1n) is 8.49. The summed E-state index contributed by atoms with van der Waals surface area (Å²) in [5.41, 5.74) is 1.34. The van der Waals surface area contributed by atoms with Crippen molar-refractivity contribution >= 4 is 0 Å². The van der Waals surface area contributed by atoms with E-state index >= 15 is 0 Å². The Morgan fingerprint density at radius 3 is 2.61 bits per heavy atom. The molecule has 2 bridgehead atoms. The lowest BCUT2D eigenvalue weighted by Crippen LogP contribution is -2.47. The van der Waals surface area contributed by atoms with Gasteiger partial charge in [-0.25, -0.2) is 4.39 Å². The molecule has 3 heteroatoms. The maximum atomic E-state index is 13.9. The smallest absolute Gasteiger partial charge is 0.165 e. The third-order valence-electron chi connectivity index (χ3n) is 5.25. The summed E-state index contributed by atoms with van der Waals surface area (Å²) in [6.07, 6.45) is 3.68. The van der Waals surface area contributed by atoms with Crippen LogP contribution in [0.1, 0.15) is 24.8 Å². The second-order valence-electron chi connectivity index (χ2n) is 6.73. The first kappa shape index (κ1) is 14.7. The zero-order valence-electron chi connectivity index (χ0n) is 13.2. The fourth-order valence-electron chi connectivity index (χ4n) is 4.04. The number of likely N-dealkylation sites (tertiary alicyclic amines) is 1. The third kappa shape index (κ3) is 3.11. The molecule has 23 heavy (non-hydrogen) atoms. The zero-order valence-corrected chi connectivity index (χ0v) is 13.2. The fourth-order valence-corrected chi connectivity index (χ4v) is 4.04. The lowest BCUT2D eigenvalue weighted by molar-refractivity contribution is 0.0318. The predicted octanol–water partition coefficient (Wildman–Crippen LogP) is 4.26. The van der Waals surface area contributed by atoms with E-state index in [4.69, 9.17) is 4.74 Å². The highest BCUT2D eigenvalue weighted by Gasteiger charge is 2.41. The Morgan fingerprint density at radius 1 is 1.00 bits per heavy atom. The predicted molar refractivity (Wildman–Crippen MR) is 88.8 cm³/mol. The summed E-state index contributed by atoms with van der Waals surface area (Å²) in [4.78, 5) is 2.52. The largest absolute Gasteiger partial charge is 0.486 e. The van der Waals surface area contributed by atoms with Crippen molar-refractivity contribution in [2.75, 3.05) is 6.54 Å². The maximum Gasteiger partial charge on any atom is 0.165 e. The van der Waals surface area contributed by atoms with Gasteiger partial charge in [0.15, 0.2) is 11.6 Å². The first-order valence-corrected chi connectivity index (χ1v) is 8.49. The average molecular weight is 311 g/mol. The van der Waals surface area contributed by atoms with Gasteiger partial charge in [-0.2, -0.15) is 0 Å². The molecule has 120 valence electrons. The molecular formula is C20H22FNO. The number of rotatable bonds is 4. The molecule has 2 aliphatic rings. The molecule has 2 aromatic rings. The molecule has 0 amide bonds. The van der Waals surface area contributed by atoms with Crippen molar-refractivity contribution in [1.82, 2.24) is 4.90 Å². The molecule has 0 N–H and O–H groups in total. The Balaban J connectivity index is 1.49. The van der Waals surface area contributed by atoms with E-state index in [-0.39, 0.29) is 11.9 Å². The minimum atomic E-state index is -0.262. The highest BCUT2D eigenvalue weighted by Crippen LogP contribution is 2.39. The molecule has 0 aromatic heterocycles. The van der Waals surface area contributed by atoms with E-state index in [9.17, 15) is 4.39 Å². The van der Waals surface area contributed by atoms with Crippen molar-refractivity contribution in [3.05, 3.63) is 66.0 Å². The van der Waals surface area contributed by atoms with Crippen molar-refractivity contribution in [2.24, 2.45) is 5.92 Å². The van der Waals surface area contributed by atoms with E-state index < -0.39 is 0 Å². The maximum absolute atomic E-state index is 13.9. The Hall–Kier alpha value is -1.87. The monoisotopic (exact) mass is 311 g/mol. The van der Waals surface area contributed by atoms with E-state index in [1.54, 1.807) is 12.1 Å². The summed E-state index contributed by atoms with van der Waals surface area (Å²) in [5, 5.41) is 0. The lowest BCUT2D eigenvalue weighted by Gasteiger charge is -2.38. The van der Waals surface area contributed by atoms with Crippen LogP contribution in [-0.2, 0) is 6.54 Å². The SMILES string of the molecule is Fc1ccccc1O[C@H]1CN(Cc2ccccc2)[C@@H]2CC[C@H]1C2. The minimum Gasteiger partial charge on any atom is -0.486 e. The van der Waals surface area contributed by atoms with Crippen molar-refractivity contribution in [1.29, 1.82) is 0 Å². The van der Waals surface area contributed by atoms with Crippen LogP contribution in [0.5, 0.6) is 5.75 Å². The molecule has 4 rings (SSSR count). The second-order valence-corrected chi connectivity index (χ2v) is 6.73. The van der Waals surface area contributed by atoms with Gasteiger partial charge in [0.05, 0.1) is 0 Å². The fraction of sp³-hybridized carbons (Fsp3) is 0.400. The molecule has 0 unspecified atom stereocenters. The number of benzene rings is 2. The van der Waals surface area contributed by atoms with Gasteiger partial charge < -0.3 is 4.74 Å². The molecule has 1 heterocycles. The summed E-state index contributed by atoms with van der Waals surface area (Å²) < 4.78 is 20.0. The standard InChI is InChI=1S/C20H22FNO/c21-18-8-4-5-9-19(18)23-20-14-22(17-11-10-16(20)12-17)13-15-6-2-1-3-7-15/h1-9,16-17,20H,10-14H2/t16-,17+,20-/m0/s1. The number of fused-ring (bicyclic) bond motifs is 2. The van der Waals surface area contributed by atoms with Gasteiger partial charge in [-0.1, -0.05) is 42.5 Å². The Morgan fingerprint density at radius 2 is 1.78 bits per heavy atom. The Bertz CT molecular complexity index is 660. The number of hydrogen-bond acceptors (Lipinski definition) is 2. The quantitative estimate of drug-likeness (QED) is 0.836. The van der Waals surface area contributed by atoms with E-state index in [0.717, 1.165) is 13.1 Å². The van der Waals surface area contributed by atoms with Crippen LogP contribution in [0.15, 0.2) is 54.6 Å². The number of hydrogen-bond donors (Lipinski definition) is 0. The summed E-state index contributed by atoms with van der Waals surface area (Å²) in [6, 6.07) is 18.0. The van der Waals surface area contributed by atoms with Crippen LogP contribution in [-0.4, -0.2) is 23.6 Å². The van der Waals surface area contributed by atoms with Gasteiger partial charge in [-0.05, 0) is 42.9 Å². The van der Waals surface area contributed by atoms with Crippen LogP contribution in [0, 0.1) is 11.7 Å². The van der Waals surface area contributed by atoms with E-state index in [2.05, 4.69) is 35.2 Å². The molecule has 2 nitrogen and oxygen atoms in total. The molecule has 1 saturated carbocycles. The first-order chi connectivity index (χ1) is 11.3. The van der Waals surface area contributed by atoms with Crippen LogP contribution in [0.2, 0.25) is 0 Å². The van der Waals surface area contributed by atoms with Crippen LogP contribution >= 0.6 is 0 Å². The normalized spacial score (nSPS) is 27.1. The minimum absolute atomic E-state index is 0.0920. The number of para-hydroxylation sites is 1. The summed E-state index contributed by atoms with van der Waals surface area (Å²) in [5.74, 6) is 0.691. The third-order valence-corrected chi connectivity index (χ3v) is 5.25. The van der Waals surface area contributed by atoms with Gasteiger partial charge >= 0.3 is 0 Å². The second kappa shape index (κ2) is 6.32. The molecule has 3 atom stereocenters. The van der Waals surface area contributed by atoms with Gasteiger partial charge in [0.2, 0.25) is 0 Å². The average Bonchev–Trinajstić information content (AvgIpc) is 3.00. The van der Waals surface area contributed by atoms with Gasteiger partial charge in [0.25, 0.3) is 0 Å². The van der Waals surface area contributed by atoms with Crippen molar-refractivity contribution in [3.63, 3.8) is 0 Å². The molecule has 1 aliphatic heterocycles. The molecule has 1 aliphatic carbocycles. The van der Waals surface area contributed by atoms with Gasteiger partial charge in [-0.15, -0.1) is 0 Å². The zero-order chi connectivity index (χ0) is 15.6. The highest BCUT2D eigenvalue weighted by atomic mass is 19.1. The van der Waals surface area contributed by atoms with Crippen molar-refractivity contribution < 1.29 is 9.13 Å². The summed E-state index contributed by atoms with van der Waals surface area (Å²) in [7, 11) is 0. The molecular weight excluding hydrogens is 289 g/mol. The number of nitrogens with zero attached hydrogens (tertiary/aromatic N) is 1. The summed E-state index contributed by atoms with van der Waals surface area (Å²) >= 11 is 0. The van der Waals surface area contributed by atoms with Crippen LogP contribution in [0.25, 0.3) is 0 Å². The number of ether oxygens (including phenoxy) is 1. The van der Waals surface area contributed by atoms with Crippen molar-refractivity contribution in [3.8, 4) is 5.75 Å².